The molecule has 146 valence electrons. The lowest BCUT2D eigenvalue weighted by atomic mass is 10.2. The molecule has 3 heterocycles. The Morgan fingerprint density at radius 2 is 2.11 bits per heavy atom. The number of halogens is 1. The minimum Gasteiger partial charge on any atom is -0.356 e. The lowest BCUT2D eigenvalue weighted by Crippen LogP contribution is -2.43. The first kappa shape index (κ1) is 21.7. The molecule has 3 aromatic rings. The number of nitrogens with one attached hydrogen (secondary N) is 2. The maximum atomic E-state index is 4.72. The van der Waals surface area contributed by atoms with Gasteiger partial charge >= 0.3 is 0 Å². The summed E-state index contributed by atoms with van der Waals surface area (Å²) in [6.07, 6.45) is 6.01. The largest absolute Gasteiger partial charge is 0.356 e. The van der Waals surface area contributed by atoms with Crippen molar-refractivity contribution < 1.29 is 0 Å². The number of aromatic nitrogens is 2. The van der Waals surface area contributed by atoms with Crippen molar-refractivity contribution in [2.45, 2.75) is 39.7 Å². The Morgan fingerprint density at radius 3 is 2.78 bits per heavy atom. The Morgan fingerprint density at radius 1 is 1.30 bits per heavy atom. The van der Waals surface area contributed by atoms with Crippen LogP contribution in [0.15, 0.2) is 41.7 Å². The van der Waals surface area contributed by atoms with Crippen LogP contribution in [0.3, 0.4) is 0 Å². The summed E-state index contributed by atoms with van der Waals surface area (Å²) in [6.45, 7) is 7.22. The molecule has 5 nitrogen and oxygen atoms in total. The summed E-state index contributed by atoms with van der Waals surface area (Å²) < 4.78 is 2.09. The monoisotopic (exact) mass is 497 g/mol. The summed E-state index contributed by atoms with van der Waals surface area (Å²) in [7, 11) is 1.81. The van der Waals surface area contributed by atoms with E-state index in [0.717, 1.165) is 36.7 Å². The second-order valence-corrected chi connectivity index (χ2v) is 8.04. The second kappa shape index (κ2) is 10.1. The van der Waals surface area contributed by atoms with Crippen molar-refractivity contribution in [1.29, 1.82) is 0 Å². The zero-order chi connectivity index (χ0) is 18.5. The van der Waals surface area contributed by atoms with Crippen molar-refractivity contribution in [2.24, 2.45) is 4.99 Å². The van der Waals surface area contributed by atoms with Gasteiger partial charge in [0.15, 0.2) is 5.96 Å². The Hall–Kier alpha value is -1.61. The lowest BCUT2D eigenvalue weighted by molar-refractivity contribution is 0.644. The van der Waals surface area contributed by atoms with Crippen LogP contribution in [-0.4, -0.2) is 35.0 Å². The highest BCUT2D eigenvalue weighted by Gasteiger charge is 2.08. The van der Waals surface area contributed by atoms with E-state index in [2.05, 4.69) is 65.2 Å². The van der Waals surface area contributed by atoms with Crippen molar-refractivity contribution in [3.63, 3.8) is 0 Å². The number of hydrogen-bond donors (Lipinski definition) is 2. The molecule has 0 aliphatic carbocycles. The number of guanidine groups is 1. The molecule has 0 saturated carbocycles. The van der Waals surface area contributed by atoms with Gasteiger partial charge in [-0.2, -0.15) is 0 Å². The first-order valence-electron chi connectivity index (χ1n) is 9.01. The summed E-state index contributed by atoms with van der Waals surface area (Å²) >= 11 is 1.86. The van der Waals surface area contributed by atoms with E-state index in [9.17, 15) is 0 Å². The first-order valence-corrected chi connectivity index (χ1v) is 9.82. The van der Waals surface area contributed by atoms with Crippen LogP contribution in [0.1, 0.15) is 27.9 Å². The summed E-state index contributed by atoms with van der Waals surface area (Å²) in [4.78, 5) is 11.8. The van der Waals surface area contributed by atoms with E-state index < -0.39 is 0 Å². The molecule has 0 saturated heterocycles. The maximum absolute atomic E-state index is 4.72. The van der Waals surface area contributed by atoms with Crippen molar-refractivity contribution in [1.82, 2.24) is 20.0 Å². The van der Waals surface area contributed by atoms with Gasteiger partial charge in [-0.25, -0.2) is 4.98 Å². The third-order valence-electron chi connectivity index (χ3n) is 4.31. The van der Waals surface area contributed by atoms with Crippen LogP contribution in [0.5, 0.6) is 0 Å². The smallest absolute Gasteiger partial charge is 0.191 e. The van der Waals surface area contributed by atoms with Crippen molar-refractivity contribution >= 4 is 46.9 Å². The highest BCUT2D eigenvalue weighted by atomic mass is 127. The number of aliphatic imine (C=N–C) groups is 1. The van der Waals surface area contributed by atoms with E-state index in [1.165, 1.54) is 15.3 Å². The standard InChI is InChI=1S/C20H27N5S.HI/c1-14-6-5-11-25-13-17(24-19(14)25)9-10-22-20(21-4)23-15(2)12-18-8-7-16(3)26-18;/h5-8,11,13,15H,9-10,12H2,1-4H3,(H2,21,22,23);1H. The van der Waals surface area contributed by atoms with Crippen LogP contribution in [0, 0.1) is 13.8 Å². The van der Waals surface area contributed by atoms with Gasteiger partial charge in [0, 0.05) is 54.6 Å². The van der Waals surface area contributed by atoms with Gasteiger partial charge in [0.05, 0.1) is 5.69 Å². The van der Waals surface area contributed by atoms with Gasteiger partial charge in [0.25, 0.3) is 0 Å². The molecular weight excluding hydrogens is 469 g/mol. The average molecular weight is 497 g/mol. The molecule has 3 aromatic heterocycles. The number of fused-ring (bicyclic) bond motifs is 1. The van der Waals surface area contributed by atoms with E-state index >= 15 is 0 Å². The average Bonchev–Trinajstić information content (AvgIpc) is 3.20. The van der Waals surface area contributed by atoms with E-state index in [-0.39, 0.29) is 24.0 Å². The van der Waals surface area contributed by atoms with Crippen molar-refractivity contribution in [2.75, 3.05) is 13.6 Å². The fraction of sp³-hybridized carbons (Fsp3) is 0.400. The number of pyridine rings is 1. The van der Waals surface area contributed by atoms with Crippen LogP contribution >= 0.6 is 35.3 Å². The summed E-state index contributed by atoms with van der Waals surface area (Å²) in [6, 6.07) is 8.86. The molecule has 0 bridgehead atoms. The molecule has 0 spiro atoms. The molecule has 7 heteroatoms. The summed E-state index contributed by atoms with van der Waals surface area (Å²) in [5, 5.41) is 6.86. The minimum absolute atomic E-state index is 0. The van der Waals surface area contributed by atoms with E-state index in [1.807, 2.05) is 30.6 Å². The quantitative estimate of drug-likeness (QED) is 0.308. The predicted octanol–water partition coefficient (Wildman–Crippen LogP) is 3.97. The van der Waals surface area contributed by atoms with E-state index in [1.54, 1.807) is 0 Å². The molecule has 0 radical (unpaired) electrons. The minimum atomic E-state index is 0. The maximum Gasteiger partial charge on any atom is 0.191 e. The summed E-state index contributed by atoms with van der Waals surface area (Å²) in [5.41, 5.74) is 3.32. The Balaban J connectivity index is 0.00000261. The molecule has 0 aliphatic rings. The Labute approximate surface area is 182 Å². The van der Waals surface area contributed by atoms with Crippen molar-refractivity contribution in [3.05, 3.63) is 57.7 Å². The zero-order valence-electron chi connectivity index (χ0n) is 16.3. The molecule has 27 heavy (non-hydrogen) atoms. The van der Waals surface area contributed by atoms with Gasteiger partial charge in [-0.05, 0) is 44.5 Å². The highest BCUT2D eigenvalue weighted by Crippen LogP contribution is 2.16. The van der Waals surface area contributed by atoms with Crippen LogP contribution in [0.2, 0.25) is 0 Å². The third-order valence-corrected chi connectivity index (χ3v) is 5.33. The summed E-state index contributed by atoms with van der Waals surface area (Å²) in [5.74, 6) is 0.839. The molecule has 0 amide bonds. The first-order chi connectivity index (χ1) is 12.5. The molecule has 0 fully saturated rings. The van der Waals surface area contributed by atoms with Crippen LogP contribution in [0.25, 0.3) is 5.65 Å². The molecule has 2 N–H and O–H groups in total. The highest BCUT2D eigenvalue weighted by molar-refractivity contribution is 14.0. The van der Waals surface area contributed by atoms with E-state index in [0.29, 0.717) is 6.04 Å². The number of imidazole rings is 1. The zero-order valence-corrected chi connectivity index (χ0v) is 19.5. The molecule has 1 unspecified atom stereocenters. The number of nitrogens with zero attached hydrogens (tertiary/aromatic N) is 3. The van der Waals surface area contributed by atoms with Crippen LogP contribution in [0.4, 0.5) is 0 Å². The fourth-order valence-corrected chi connectivity index (χ4v) is 4.03. The molecule has 0 aliphatic heterocycles. The Kier molecular flexibility index (Phi) is 8.09. The van der Waals surface area contributed by atoms with Gasteiger partial charge in [-0.3, -0.25) is 4.99 Å². The van der Waals surface area contributed by atoms with Crippen LogP contribution in [-0.2, 0) is 12.8 Å². The number of thiophene rings is 1. The number of aryl methyl sites for hydroxylation is 2. The van der Waals surface area contributed by atoms with Gasteiger partial charge in [-0.15, -0.1) is 35.3 Å². The van der Waals surface area contributed by atoms with Gasteiger partial charge in [0.2, 0.25) is 0 Å². The number of hydrogen-bond acceptors (Lipinski definition) is 3. The molecule has 1 atom stereocenters. The number of rotatable bonds is 6. The van der Waals surface area contributed by atoms with Crippen molar-refractivity contribution in [3.8, 4) is 0 Å². The third kappa shape index (κ3) is 5.93. The lowest BCUT2D eigenvalue weighted by Gasteiger charge is -2.17. The van der Waals surface area contributed by atoms with Crippen LogP contribution < -0.4 is 10.6 Å². The SMILES string of the molecule is CN=C(NCCc1cn2cccc(C)c2n1)NC(C)Cc1ccc(C)s1.I. The topological polar surface area (TPSA) is 53.7 Å². The van der Waals surface area contributed by atoms with E-state index in [4.69, 9.17) is 4.98 Å². The van der Waals surface area contributed by atoms with Gasteiger partial charge in [-0.1, -0.05) is 6.07 Å². The van der Waals surface area contributed by atoms with Gasteiger partial charge < -0.3 is 15.0 Å². The normalized spacial score (nSPS) is 12.7. The molecule has 0 aromatic carbocycles. The van der Waals surface area contributed by atoms with Gasteiger partial charge in [0.1, 0.15) is 5.65 Å². The predicted molar refractivity (Wildman–Crippen MR) is 126 cm³/mol. The fourth-order valence-electron chi connectivity index (χ4n) is 3.01. The molecule has 3 rings (SSSR count). The Bertz CT molecular complexity index is 899. The molecular formula is C20H28IN5S. The second-order valence-electron chi connectivity index (χ2n) is 6.67.